The Morgan fingerprint density at radius 1 is 1.29 bits per heavy atom. The third-order valence-corrected chi connectivity index (χ3v) is 6.89. The zero-order chi connectivity index (χ0) is 20.3. The molecule has 3 fully saturated rings. The van der Waals surface area contributed by atoms with Crippen LogP contribution in [-0.4, -0.2) is 39.9 Å². The van der Waals surface area contributed by atoms with E-state index in [1.54, 1.807) is 17.0 Å². The van der Waals surface area contributed by atoms with Crippen molar-refractivity contribution in [2.24, 2.45) is 5.92 Å². The van der Waals surface area contributed by atoms with Gasteiger partial charge in [-0.1, -0.05) is 11.6 Å². The largest absolute Gasteiger partial charge is 0.391 e. The number of alkyl halides is 3. The van der Waals surface area contributed by atoms with E-state index in [4.69, 9.17) is 11.6 Å². The van der Waals surface area contributed by atoms with E-state index in [-0.39, 0.29) is 36.9 Å². The first-order valence-electron chi connectivity index (χ1n) is 9.71. The summed E-state index contributed by atoms with van der Waals surface area (Å²) in [4.78, 5) is 14.2. The topological polar surface area (TPSA) is 52.6 Å². The first-order chi connectivity index (χ1) is 13.0. The van der Waals surface area contributed by atoms with Crippen LogP contribution in [-0.2, 0) is 0 Å². The van der Waals surface area contributed by atoms with Crippen molar-refractivity contribution in [1.29, 1.82) is 0 Å². The van der Waals surface area contributed by atoms with Gasteiger partial charge in [-0.05, 0) is 75.1 Å². The molecule has 4 nitrogen and oxygen atoms in total. The number of aliphatic hydroxyl groups is 1. The van der Waals surface area contributed by atoms with Crippen LogP contribution < -0.4 is 5.32 Å². The number of piperidine rings is 1. The molecule has 154 valence electrons. The second kappa shape index (κ2) is 6.80. The quantitative estimate of drug-likeness (QED) is 0.686. The summed E-state index contributed by atoms with van der Waals surface area (Å²) < 4.78 is 38.8. The molecule has 2 aliphatic carbocycles. The highest BCUT2D eigenvalue weighted by Gasteiger charge is 2.54. The third-order valence-electron chi connectivity index (χ3n) is 6.55. The molecule has 28 heavy (non-hydrogen) atoms. The number of urea groups is 1. The van der Waals surface area contributed by atoms with E-state index in [1.807, 2.05) is 13.0 Å². The minimum atomic E-state index is -4.19. The van der Waals surface area contributed by atoms with E-state index < -0.39 is 17.7 Å². The number of hydrogen-bond acceptors (Lipinski definition) is 2. The number of likely N-dealkylation sites (tertiary alicyclic amines) is 1. The summed E-state index contributed by atoms with van der Waals surface area (Å²) in [6, 6.07) is 4.19. The molecule has 0 spiro atoms. The van der Waals surface area contributed by atoms with Crippen molar-refractivity contribution in [1.82, 2.24) is 4.90 Å². The molecule has 1 aromatic rings. The fourth-order valence-corrected chi connectivity index (χ4v) is 5.35. The van der Waals surface area contributed by atoms with Crippen molar-refractivity contribution in [3.8, 4) is 0 Å². The van der Waals surface area contributed by atoms with Gasteiger partial charge in [-0.3, -0.25) is 0 Å². The number of fused-ring (bicyclic) bond motifs is 2. The molecule has 2 N–H and O–H groups in total. The second-order valence-electron chi connectivity index (χ2n) is 8.76. The molecular weight excluding hydrogens is 393 g/mol. The zero-order valence-electron chi connectivity index (χ0n) is 15.6. The second-order valence-corrected chi connectivity index (χ2v) is 9.17. The summed E-state index contributed by atoms with van der Waals surface area (Å²) >= 11 is 6.33. The molecule has 2 bridgehead atoms. The Morgan fingerprint density at radius 2 is 1.96 bits per heavy atom. The van der Waals surface area contributed by atoms with Gasteiger partial charge in [0.05, 0.1) is 11.5 Å². The minimum Gasteiger partial charge on any atom is -0.390 e. The Hall–Kier alpha value is -1.47. The lowest BCUT2D eigenvalue weighted by Crippen LogP contribution is -2.65. The van der Waals surface area contributed by atoms with E-state index in [2.05, 4.69) is 5.32 Å². The van der Waals surface area contributed by atoms with Crippen LogP contribution in [0.3, 0.4) is 0 Å². The van der Waals surface area contributed by atoms with Gasteiger partial charge in [0.2, 0.25) is 0 Å². The number of carbonyl (C=O) groups excluding carboxylic acids is 1. The lowest BCUT2D eigenvalue weighted by molar-refractivity contribution is -0.205. The third kappa shape index (κ3) is 3.71. The Labute approximate surface area is 167 Å². The average molecular weight is 417 g/mol. The number of hydrogen-bond donors (Lipinski definition) is 2. The van der Waals surface area contributed by atoms with Gasteiger partial charge < -0.3 is 15.3 Å². The molecule has 2 amide bonds. The first kappa shape index (κ1) is 19.8. The fourth-order valence-electron chi connectivity index (χ4n) is 5.08. The maximum Gasteiger partial charge on any atom is 0.391 e. The fraction of sp³-hybridized carbons (Fsp3) is 0.650. The summed E-state index contributed by atoms with van der Waals surface area (Å²) in [5, 5.41) is 13.6. The molecule has 0 aromatic heterocycles. The maximum atomic E-state index is 12.9. The Kier molecular flexibility index (Phi) is 4.82. The zero-order valence-corrected chi connectivity index (χ0v) is 16.4. The van der Waals surface area contributed by atoms with Crippen LogP contribution in [0.2, 0.25) is 5.02 Å². The van der Waals surface area contributed by atoms with Gasteiger partial charge in [0, 0.05) is 22.8 Å². The molecule has 1 heterocycles. The Morgan fingerprint density at radius 3 is 2.54 bits per heavy atom. The van der Waals surface area contributed by atoms with Crippen molar-refractivity contribution >= 4 is 23.3 Å². The normalized spacial score (nSPS) is 34.9. The van der Waals surface area contributed by atoms with Gasteiger partial charge >= 0.3 is 12.2 Å². The number of anilines is 1. The first-order valence-corrected chi connectivity index (χ1v) is 10.1. The molecule has 2 saturated carbocycles. The molecule has 0 radical (unpaired) electrons. The molecule has 4 rings (SSSR count). The number of nitrogens with zero attached hydrogens (tertiary/aromatic N) is 1. The van der Waals surface area contributed by atoms with Gasteiger partial charge in [0.15, 0.2) is 0 Å². The summed E-state index contributed by atoms with van der Waals surface area (Å²) in [7, 11) is 0. The highest BCUT2D eigenvalue weighted by Crippen LogP contribution is 2.47. The number of benzene rings is 1. The SMILES string of the molecule is C[C@]1(O)CC[C@@H](c2cc(NC(=O)N3C4CC3CC(C(F)(F)F)C4)ccc2Cl)C1. The maximum absolute atomic E-state index is 12.9. The van der Waals surface area contributed by atoms with Crippen LogP contribution in [0.1, 0.15) is 56.9 Å². The predicted octanol–water partition coefficient (Wildman–Crippen LogP) is 5.31. The predicted molar refractivity (Wildman–Crippen MR) is 100 cm³/mol. The standard InChI is InChI=1S/C20H24ClF3N2O2/c1-19(28)5-4-11(10-19)16-8-13(2-3-17(16)21)25-18(27)26-14-6-12(20(22,23)24)7-15(26)9-14/h2-3,8,11-12,14-15,28H,4-7,9-10H2,1H3,(H,25,27)/t11-,12?,14?,15?,19+/m1/s1. The molecule has 1 saturated heterocycles. The number of carbonyl (C=O) groups is 1. The Bertz CT molecular complexity index is 771. The minimum absolute atomic E-state index is 0.0174. The van der Waals surface area contributed by atoms with Crippen molar-refractivity contribution < 1.29 is 23.1 Å². The Balaban J connectivity index is 1.43. The summed E-state index contributed by atoms with van der Waals surface area (Å²) in [5.74, 6) is -1.19. The van der Waals surface area contributed by atoms with E-state index in [9.17, 15) is 23.1 Å². The van der Waals surface area contributed by atoms with Crippen LogP contribution >= 0.6 is 11.6 Å². The van der Waals surface area contributed by atoms with E-state index >= 15 is 0 Å². The van der Waals surface area contributed by atoms with Crippen LogP contribution in [0, 0.1) is 5.92 Å². The lowest BCUT2D eigenvalue weighted by atomic mass is 9.73. The van der Waals surface area contributed by atoms with Crippen LogP contribution in [0.5, 0.6) is 0 Å². The molecule has 1 aliphatic heterocycles. The van der Waals surface area contributed by atoms with Crippen LogP contribution in [0.25, 0.3) is 0 Å². The number of halogens is 4. The molecule has 3 aliphatic rings. The van der Waals surface area contributed by atoms with E-state index in [0.29, 0.717) is 30.0 Å². The number of amides is 2. The van der Waals surface area contributed by atoms with Crippen molar-refractivity contribution in [3.63, 3.8) is 0 Å². The molecule has 8 heteroatoms. The monoisotopic (exact) mass is 416 g/mol. The van der Waals surface area contributed by atoms with Gasteiger partial charge in [0.25, 0.3) is 0 Å². The summed E-state index contributed by atoms with van der Waals surface area (Å²) in [5.41, 5.74) is 0.753. The van der Waals surface area contributed by atoms with E-state index in [0.717, 1.165) is 12.0 Å². The van der Waals surface area contributed by atoms with Gasteiger partial charge in [0.1, 0.15) is 0 Å². The molecule has 1 aromatic carbocycles. The van der Waals surface area contributed by atoms with Crippen LogP contribution in [0.15, 0.2) is 18.2 Å². The molecule has 4 atom stereocenters. The van der Waals surface area contributed by atoms with E-state index in [1.165, 1.54) is 0 Å². The average Bonchev–Trinajstić information content (AvgIpc) is 2.95. The molecular formula is C20H24ClF3N2O2. The highest BCUT2D eigenvalue weighted by atomic mass is 35.5. The number of nitrogens with one attached hydrogen (secondary N) is 1. The van der Waals surface area contributed by atoms with Gasteiger partial charge in [-0.15, -0.1) is 0 Å². The number of rotatable bonds is 2. The van der Waals surface area contributed by atoms with Crippen molar-refractivity contribution in [2.75, 3.05) is 5.32 Å². The van der Waals surface area contributed by atoms with Crippen LogP contribution in [0.4, 0.5) is 23.7 Å². The molecule has 2 unspecified atom stereocenters. The summed E-state index contributed by atoms with van der Waals surface area (Å²) in [6.45, 7) is 1.81. The van der Waals surface area contributed by atoms with Gasteiger partial charge in [-0.25, -0.2) is 4.79 Å². The summed E-state index contributed by atoms with van der Waals surface area (Å²) in [6.07, 6.45) is -1.45. The smallest absolute Gasteiger partial charge is 0.390 e. The van der Waals surface area contributed by atoms with Crippen molar-refractivity contribution in [3.05, 3.63) is 28.8 Å². The lowest BCUT2D eigenvalue weighted by Gasteiger charge is -2.55. The van der Waals surface area contributed by atoms with Gasteiger partial charge in [-0.2, -0.15) is 13.2 Å². The highest BCUT2D eigenvalue weighted by molar-refractivity contribution is 6.31. The van der Waals surface area contributed by atoms with Crippen molar-refractivity contribution in [2.45, 2.75) is 75.2 Å².